The number of benzene rings is 2. The summed E-state index contributed by atoms with van der Waals surface area (Å²) in [4.78, 5) is 4.57. The molecule has 0 bridgehead atoms. The molecule has 1 aromatic heterocycles. The van der Waals surface area contributed by atoms with Crippen LogP contribution >= 0.6 is 11.3 Å². The lowest BCUT2D eigenvalue weighted by molar-refractivity contribution is 0.373. The summed E-state index contributed by atoms with van der Waals surface area (Å²) < 4.78 is 10.3. The number of rotatable bonds is 5. The van der Waals surface area contributed by atoms with Gasteiger partial charge in [0.15, 0.2) is 11.5 Å². The monoisotopic (exact) mass is 364 g/mol. The molecule has 1 N–H and O–H groups in total. The smallest absolute Gasteiger partial charge is 0.161 e. The maximum absolute atomic E-state index is 9.68. The van der Waals surface area contributed by atoms with Crippen LogP contribution in [0.15, 0.2) is 47.8 Å². The van der Waals surface area contributed by atoms with Crippen LogP contribution in [0.2, 0.25) is 0 Å². The van der Waals surface area contributed by atoms with Crippen molar-refractivity contribution in [1.29, 1.82) is 5.26 Å². The number of phenols is 1. The lowest BCUT2D eigenvalue weighted by atomic mass is 10.1. The number of aromatic nitrogens is 1. The zero-order valence-corrected chi connectivity index (χ0v) is 15.1. The fraction of sp³-hybridized carbons (Fsp3) is 0.100. The number of aromatic hydroxyl groups is 1. The second kappa shape index (κ2) is 7.72. The van der Waals surface area contributed by atoms with Gasteiger partial charge in [-0.05, 0) is 48.0 Å². The van der Waals surface area contributed by atoms with Gasteiger partial charge in [0.05, 0.1) is 25.5 Å². The molecule has 1 heterocycles. The fourth-order valence-electron chi connectivity index (χ4n) is 2.38. The van der Waals surface area contributed by atoms with Crippen LogP contribution in [0.4, 0.5) is 0 Å². The number of nitriles is 1. The van der Waals surface area contributed by atoms with Gasteiger partial charge in [-0.3, -0.25) is 0 Å². The molecule has 0 amide bonds. The van der Waals surface area contributed by atoms with E-state index in [9.17, 15) is 10.4 Å². The summed E-state index contributed by atoms with van der Waals surface area (Å²) in [5, 5.41) is 21.7. The van der Waals surface area contributed by atoms with Crippen LogP contribution in [0, 0.1) is 11.3 Å². The van der Waals surface area contributed by atoms with Crippen LogP contribution in [0.1, 0.15) is 10.6 Å². The van der Waals surface area contributed by atoms with Crippen molar-refractivity contribution in [1.82, 2.24) is 4.98 Å². The largest absolute Gasteiger partial charge is 0.504 e. The van der Waals surface area contributed by atoms with E-state index in [0.29, 0.717) is 16.3 Å². The van der Waals surface area contributed by atoms with Crippen molar-refractivity contribution in [3.8, 4) is 34.6 Å². The van der Waals surface area contributed by atoms with E-state index < -0.39 is 0 Å². The van der Waals surface area contributed by atoms with Crippen molar-refractivity contribution in [3.05, 3.63) is 58.4 Å². The van der Waals surface area contributed by atoms with E-state index in [-0.39, 0.29) is 5.75 Å². The Balaban J connectivity index is 1.91. The van der Waals surface area contributed by atoms with Gasteiger partial charge in [0.25, 0.3) is 0 Å². The van der Waals surface area contributed by atoms with Gasteiger partial charge in [-0.25, -0.2) is 4.98 Å². The minimum absolute atomic E-state index is 0.0548. The summed E-state index contributed by atoms with van der Waals surface area (Å²) >= 11 is 1.41. The summed E-state index contributed by atoms with van der Waals surface area (Å²) in [6.45, 7) is 0. The molecule has 0 aliphatic heterocycles. The van der Waals surface area contributed by atoms with Crippen molar-refractivity contribution in [2.24, 2.45) is 0 Å². The number of thiazole rings is 1. The molecule has 2 aromatic carbocycles. The van der Waals surface area contributed by atoms with E-state index in [1.165, 1.54) is 24.5 Å². The van der Waals surface area contributed by atoms with E-state index in [4.69, 9.17) is 9.47 Å². The number of allylic oxidation sites excluding steroid dienone is 1. The number of nitrogens with zero attached hydrogens (tertiary/aromatic N) is 2. The predicted octanol–water partition coefficient (Wildman–Crippen LogP) is 4.60. The Morgan fingerprint density at radius 1 is 1.15 bits per heavy atom. The Bertz CT molecular complexity index is 985. The zero-order valence-electron chi connectivity index (χ0n) is 14.3. The SMILES string of the molecule is COc1ccc(-c2csc(C(C#N)=Cc3ccc(O)c(OC)c3)n2)cc1. The average Bonchev–Trinajstić information content (AvgIpc) is 3.17. The molecule has 26 heavy (non-hydrogen) atoms. The highest BCUT2D eigenvalue weighted by Gasteiger charge is 2.10. The lowest BCUT2D eigenvalue weighted by Gasteiger charge is -2.04. The number of ether oxygens (including phenoxy) is 2. The standard InChI is InChI=1S/C20H16N2O3S/c1-24-16-6-4-14(5-7-16)17-12-26-20(22-17)15(11-21)9-13-3-8-18(23)19(10-13)25-2/h3-10,12,23H,1-2H3. The van der Waals surface area contributed by atoms with Gasteiger partial charge in [0.1, 0.15) is 16.8 Å². The Morgan fingerprint density at radius 2 is 1.92 bits per heavy atom. The second-order valence-corrected chi connectivity index (χ2v) is 6.23. The molecule has 3 rings (SSSR count). The average molecular weight is 364 g/mol. The van der Waals surface area contributed by atoms with Gasteiger partial charge in [-0.15, -0.1) is 11.3 Å². The molecule has 0 spiro atoms. The van der Waals surface area contributed by atoms with Gasteiger partial charge in [-0.1, -0.05) is 6.07 Å². The van der Waals surface area contributed by atoms with Gasteiger partial charge < -0.3 is 14.6 Å². The van der Waals surface area contributed by atoms with E-state index in [2.05, 4.69) is 11.1 Å². The first-order valence-electron chi connectivity index (χ1n) is 7.73. The first-order chi connectivity index (χ1) is 12.6. The van der Waals surface area contributed by atoms with Crippen molar-refractivity contribution < 1.29 is 14.6 Å². The van der Waals surface area contributed by atoms with Crippen LogP contribution in [0.5, 0.6) is 17.2 Å². The second-order valence-electron chi connectivity index (χ2n) is 5.37. The first kappa shape index (κ1) is 17.5. The van der Waals surface area contributed by atoms with Gasteiger partial charge in [0.2, 0.25) is 0 Å². The first-order valence-corrected chi connectivity index (χ1v) is 8.61. The summed E-state index contributed by atoms with van der Waals surface area (Å²) in [6, 6.07) is 14.7. The molecule has 0 radical (unpaired) electrons. The van der Waals surface area contributed by atoms with Crippen LogP contribution in [0.25, 0.3) is 22.9 Å². The highest BCUT2D eigenvalue weighted by molar-refractivity contribution is 7.11. The molecule has 3 aromatic rings. The number of phenolic OH excluding ortho intramolecular Hbond substituents is 1. The molecule has 6 heteroatoms. The van der Waals surface area contributed by atoms with E-state index in [1.807, 2.05) is 29.6 Å². The maximum Gasteiger partial charge on any atom is 0.161 e. The molecule has 0 fully saturated rings. The van der Waals surface area contributed by atoms with Crippen LogP contribution in [-0.2, 0) is 0 Å². The third-order valence-electron chi connectivity index (χ3n) is 3.76. The Labute approximate surface area is 155 Å². The van der Waals surface area contributed by atoms with Crippen molar-refractivity contribution in [3.63, 3.8) is 0 Å². The minimum atomic E-state index is 0.0548. The predicted molar refractivity (Wildman–Crippen MR) is 102 cm³/mol. The third kappa shape index (κ3) is 3.68. The van der Waals surface area contributed by atoms with Crippen LogP contribution in [0.3, 0.4) is 0 Å². The highest BCUT2D eigenvalue weighted by Crippen LogP contribution is 2.30. The number of hydrogen-bond acceptors (Lipinski definition) is 6. The number of methoxy groups -OCH3 is 2. The van der Waals surface area contributed by atoms with E-state index in [1.54, 1.807) is 25.3 Å². The maximum atomic E-state index is 9.68. The van der Waals surface area contributed by atoms with Crippen LogP contribution < -0.4 is 9.47 Å². The van der Waals surface area contributed by atoms with E-state index in [0.717, 1.165) is 22.6 Å². The summed E-state index contributed by atoms with van der Waals surface area (Å²) in [5.74, 6) is 1.19. The highest BCUT2D eigenvalue weighted by atomic mass is 32.1. The summed E-state index contributed by atoms with van der Waals surface area (Å²) in [6.07, 6.45) is 1.72. The quantitative estimate of drug-likeness (QED) is 0.670. The van der Waals surface area contributed by atoms with E-state index >= 15 is 0 Å². The fourth-order valence-corrected chi connectivity index (χ4v) is 3.18. The summed E-state index contributed by atoms with van der Waals surface area (Å²) in [7, 11) is 3.11. The summed E-state index contributed by atoms with van der Waals surface area (Å²) in [5.41, 5.74) is 2.95. The minimum Gasteiger partial charge on any atom is -0.504 e. The Kier molecular flexibility index (Phi) is 5.20. The molecule has 0 saturated heterocycles. The third-order valence-corrected chi connectivity index (χ3v) is 4.63. The van der Waals surface area contributed by atoms with Crippen molar-refractivity contribution >= 4 is 23.0 Å². The molecule has 5 nitrogen and oxygen atoms in total. The lowest BCUT2D eigenvalue weighted by Crippen LogP contribution is -1.86. The molecule has 130 valence electrons. The molecule has 0 aliphatic carbocycles. The van der Waals surface area contributed by atoms with Gasteiger partial charge >= 0.3 is 0 Å². The molecule has 0 atom stereocenters. The van der Waals surface area contributed by atoms with Gasteiger partial charge in [-0.2, -0.15) is 5.26 Å². The zero-order chi connectivity index (χ0) is 18.5. The molecular formula is C20H16N2O3S. The van der Waals surface area contributed by atoms with Crippen LogP contribution in [-0.4, -0.2) is 24.3 Å². The molecule has 0 saturated carbocycles. The molecule has 0 unspecified atom stereocenters. The van der Waals surface area contributed by atoms with Crippen molar-refractivity contribution in [2.75, 3.05) is 14.2 Å². The molecule has 0 aliphatic rings. The van der Waals surface area contributed by atoms with Gasteiger partial charge in [0, 0.05) is 10.9 Å². The Hall–Kier alpha value is -3.30. The molecular weight excluding hydrogens is 348 g/mol. The topological polar surface area (TPSA) is 75.4 Å². The normalized spacial score (nSPS) is 11.0. The van der Waals surface area contributed by atoms with Crippen molar-refractivity contribution in [2.45, 2.75) is 0 Å². The Morgan fingerprint density at radius 3 is 2.58 bits per heavy atom. The number of hydrogen-bond donors (Lipinski definition) is 1.